The number of nitrogens with one attached hydrogen (secondary N) is 1. The molecule has 2 rings (SSSR count). The van der Waals surface area contributed by atoms with E-state index in [1.54, 1.807) is 0 Å². The number of hydrogen-bond donors (Lipinski definition) is 1. The van der Waals surface area contributed by atoms with E-state index in [0.29, 0.717) is 0 Å². The minimum absolute atomic E-state index is 0.205. The molecule has 1 amide bonds. The molecule has 0 aliphatic carbocycles. The van der Waals surface area contributed by atoms with E-state index in [1.165, 1.54) is 20.8 Å². The Kier molecular flexibility index (Phi) is 4.24. The van der Waals surface area contributed by atoms with Gasteiger partial charge in [-0.3, -0.25) is 14.4 Å². The van der Waals surface area contributed by atoms with Crippen molar-refractivity contribution >= 4 is 17.8 Å². The lowest BCUT2D eigenvalue weighted by Gasteiger charge is -2.39. The van der Waals surface area contributed by atoms with Gasteiger partial charge in [0.1, 0.15) is 12.1 Å². The number of carbonyl (C=O) groups is 3. The molecule has 2 heterocycles. The predicted molar refractivity (Wildman–Crippen MR) is 63.3 cm³/mol. The van der Waals surface area contributed by atoms with Gasteiger partial charge < -0.3 is 24.3 Å². The highest BCUT2D eigenvalue weighted by Gasteiger charge is 2.54. The van der Waals surface area contributed by atoms with Gasteiger partial charge in [-0.25, -0.2) is 0 Å². The van der Waals surface area contributed by atoms with Crippen molar-refractivity contribution in [1.82, 2.24) is 5.32 Å². The topological polar surface area (TPSA) is 100 Å². The summed E-state index contributed by atoms with van der Waals surface area (Å²) >= 11 is 0. The van der Waals surface area contributed by atoms with E-state index >= 15 is 0 Å². The molecule has 8 heteroatoms. The molecule has 5 atom stereocenters. The highest BCUT2D eigenvalue weighted by Crippen LogP contribution is 2.32. The highest BCUT2D eigenvalue weighted by atomic mass is 16.7. The predicted octanol–water partition coefficient (Wildman–Crippen LogP) is -0.890. The molecule has 2 fully saturated rings. The van der Waals surface area contributed by atoms with E-state index < -0.39 is 42.6 Å². The van der Waals surface area contributed by atoms with Crippen molar-refractivity contribution in [3.8, 4) is 0 Å². The first-order valence-corrected chi connectivity index (χ1v) is 6.27. The molecule has 0 radical (unpaired) electrons. The quantitative estimate of drug-likeness (QED) is 0.672. The molecular formula is C12H17NO7. The summed E-state index contributed by atoms with van der Waals surface area (Å²) in [5.41, 5.74) is 0. The smallest absolute Gasteiger partial charge is 0.303 e. The van der Waals surface area contributed by atoms with Crippen molar-refractivity contribution in [2.24, 2.45) is 0 Å². The fourth-order valence-corrected chi connectivity index (χ4v) is 2.42. The molecule has 8 nitrogen and oxygen atoms in total. The minimum Gasteiger partial charge on any atom is -0.456 e. The Morgan fingerprint density at radius 1 is 1.05 bits per heavy atom. The number of amides is 1. The Bertz CT molecular complexity index is 394. The molecular weight excluding hydrogens is 270 g/mol. The summed E-state index contributed by atoms with van der Waals surface area (Å²) in [6.07, 6.45) is -2.89. The fourth-order valence-electron chi connectivity index (χ4n) is 2.42. The molecule has 2 aliphatic heterocycles. The summed E-state index contributed by atoms with van der Waals surface area (Å²) in [5.74, 6) is -1.39. The maximum absolute atomic E-state index is 11.3. The van der Waals surface area contributed by atoms with Crippen LogP contribution in [0, 0.1) is 0 Å². The van der Waals surface area contributed by atoms with Gasteiger partial charge in [-0.05, 0) is 0 Å². The molecule has 0 spiro atoms. The van der Waals surface area contributed by atoms with Gasteiger partial charge in [0.05, 0.1) is 6.61 Å². The van der Waals surface area contributed by atoms with Gasteiger partial charge in [0, 0.05) is 20.8 Å². The second-order valence-electron chi connectivity index (χ2n) is 4.75. The second kappa shape index (κ2) is 5.76. The lowest BCUT2D eigenvalue weighted by molar-refractivity contribution is -0.214. The number of carbonyl (C=O) groups excluding carboxylic acids is 3. The summed E-state index contributed by atoms with van der Waals surface area (Å²) in [6, 6.07) is -0.723. The fraction of sp³-hybridized carbons (Fsp3) is 0.750. The van der Waals surface area contributed by atoms with Crippen LogP contribution in [0.3, 0.4) is 0 Å². The van der Waals surface area contributed by atoms with Crippen LogP contribution in [0.5, 0.6) is 0 Å². The standard InChI is InChI=1S/C12H17NO7/c1-5(14)13-9-11(19-7(3)16)10(18-6(2)15)8-4-17-12(9)20-8/h8-12H,4H2,1-3H3,(H,13,14)/t8-,9+,10-,11-,12-/m1/s1. The first kappa shape index (κ1) is 14.7. The van der Waals surface area contributed by atoms with Crippen LogP contribution in [-0.4, -0.2) is 55.1 Å². The molecule has 20 heavy (non-hydrogen) atoms. The summed E-state index contributed by atoms with van der Waals surface area (Å²) < 4.78 is 21.3. The van der Waals surface area contributed by atoms with Gasteiger partial charge in [0.15, 0.2) is 18.5 Å². The van der Waals surface area contributed by atoms with Crippen molar-refractivity contribution in [2.45, 2.75) is 51.4 Å². The van der Waals surface area contributed by atoms with E-state index in [-0.39, 0.29) is 12.5 Å². The minimum atomic E-state index is -0.841. The van der Waals surface area contributed by atoms with Crippen molar-refractivity contribution in [2.75, 3.05) is 6.61 Å². The normalized spacial score (nSPS) is 35.2. The number of fused-ring (bicyclic) bond motifs is 2. The van der Waals surface area contributed by atoms with E-state index in [9.17, 15) is 14.4 Å². The zero-order chi connectivity index (χ0) is 14.9. The first-order chi connectivity index (χ1) is 9.38. The van der Waals surface area contributed by atoms with E-state index in [1.807, 2.05) is 0 Å². The third-order valence-electron chi connectivity index (χ3n) is 3.05. The Labute approximate surface area is 115 Å². The summed E-state index contributed by atoms with van der Waals surface area (Å²) in [4.78, 5) is 33.7. The molecule has 2 bridgehead atoms. The Hall–Kier alpha value is -1.67. The van der Waals surface area contributed by atoms with E-state index in [4.69, 9.17) is 18.9 Å². The Balaban J connectivity index is 2.24. The molecule has 1 N–H and O–H groups in total. The Morgan fingerprint density at radius 2 is 1.65 bits per heavy atom. The highest BCUT2D eigenvalue weighted by molar-refractivity contribution is 5.73. The first-order valence-electron chi connectivity index (χ1n) is 6.27. The molecule has 2 aliphatic rings. The SMILES string of the molecule is CC(=O)N[C@@H]1[C@@H]2OC[C@@H](O2)[C@@H](OC(C)=O)[C@@H]1OC(C)=O. The van der Waals surface area contributed by atoms with Crippen LogP contribution in [0.1, 0.15) is 20.8 Å². The third kappa shape index (κ3) is 3.07. The lowest BCUT2D eigenvalue weighted by Crippen LogP contribution is -2.62. The number of esters is 2. The summed E-state index contributed by atoms with van der Waals surface area (Å²) in [7, 11) is 0. The average molecular weight is 287 g/mol. The molecule has 0 saturated carbocycles. The van der Waals surface area contributed by atoms with Gasteiger partial charge in [0.2, 0.25) is 5.91 Å². The lowest BCUT2D eigenvalue weighted by atomic mass is 9.98. The van der Waals surface area contributed by atoms with Gasteiger partial charge in [0.25, 0.3) is 0 Å². The maximum Gasteiger partial charge on any atom is 0.303 e. The van der Waals surface area contributed by atoms with Gasteiger partial charge >= 0.3 is 11.9 Å². The summed E-state index contributed by atoms with van der Waals surface area (Å²) in [5, 5.41) is 2.61. The Morgan fingerprint density at radius 3 is 2.20 bits per heavy atom. The van der Waals surface area contributed by atoms with Crippen LogP contribution in [-0.2, 0) is 33.3 Å². The van der Waals surface area contributed by atoms with Crippen LogP contribution >= 0.6 is 0 Å². The largest absolute Gasteiger partial charge is 0.456 e. The molecule has 112 valence electrons. The van der Waals surface area contributed by atoms with Crippen molar-refractivity contribution in [3.63, 3.8) is 0 Å². The van der Waals surface area contributed by atoms with E-state index in [2.05, 4.69) is 5.32 Å². The third-order valence-corrected chi connectivity index (χ3v) is 3.05. The van der Waals surface area contributed by atoms with E-state index in [0.717, 1.165) is 0 Å². The zero-order valence-electron chi connectivity index (χ0n) is 11.5. The molecule has 0 aromatic rings. The van der Waals surface area contributed by atoms with Crippen LogP contribution in [0.2, 0.25) is 0 Å². The monoisotopic (exact) mass is 287 g/mol. The van der Waals surface area contributed by atoms with Gasteiger partial charge in [-0.2, -0.15) is 0 Å². The van der Waals surface area contributed by atoms with Gasteiger partial charge in [-0.15, -0.1) is 0 Å². The zero-order valence-corrected chi connectivity index (χ0v) is 11.5. The molecule has 2 saturated heterocycles. The summed E-state index contributed by atoms with van der Waals surface area (Å²) in [6.45, 7) is 4.02. The molecule has 0 aromatic carbocycles. The van der Waals surface area contributed by atoms with Gasteiger partial charge in [-0.1, -0.05) is 0 Å². The number of ether oxygens (including phenoxy) is 4. The van der Waals surface area contributed by atoms with Crippen molar-refractivity contribution < 1.29 is 33.3 Å². The van der Waals surface area contributed by atoms with Crippen LogP contribution in [0.25, 0.3) is 0 Å². The molecule has 0 aromatic heterocycles. The maximum atomic E-state index is 11.3. The number of hydrogen-bond acceptors (Lipinski definition) is 7. The van der Waals surface area contributed by atoms with Crippen LogP contribution in [0.4, 0.5) is 0 Å². The van der Waals surface area contributed by atoms with Crippen LogP contribution in [0.15, 0.2) is 0 Å². The molecule has 0 unspecified atom stereocenters. The second-order valence-corrected chi connectivity index (χ2v) is 4.75. The van der Waals surface area contributed by atoms with Crippen molar-refractivity contribution in [3.05, 3.63) is 0 Å². The number of rotatable bonds is 3. The van der Waals surface area contributed by atoms with Crippen molar-refractivity contribution in [1.29, 1.82) is 0 Å². The average Bonchev–Trinajstić information content (AvgIpc) is 2.74. The van der Waals surface area contributed by atoms with Crippen LogP contribution < -0.4 is 5.32 Å².